The number of benzene rings is 1. The van der Waals surface area contributed by atoms with Gasteiger partial charge in [0.2, 0.25) is 0 Å². The molecule has 0 unspecified atom stereocenters. The molecule has 6 heteroatoms. The number of anilines is 2. The first-order valence-electron chi connectivity index (χ1n) is 8.72. The lowest BCUT2D eigenvalue weighted by molar-refractivity contribution is 0.232. The van der Waals surface area contributed by atoms with Gasteiger partial charge < -0.3 is 15.4 Å². The number of thioether (sulfide) groups is 1. The molecule has 2 heterocycles. The number of para-hydroxylation sites is 2. The Morgan fingerprint density at radius 1 is 1.31 bits per heavy atom. The number of hydrogen-bond acceptors (Lipinski definition) is 4. The van der Waals surface area contributed by atoms with Gasteiger partial charge in [0.1, 0.15) is 18.2 Å². The normalized spacial score (nSPS) is 20.0. The van der Waals surface area contributed by atoms with Gasteiger partial charge in [-0.15, -0.1) is 0 Å². The average Bonchev–Trinajstić information content (AvgIpc) is 2.65. The van der Waals surface area contributed by atoms with Gasteiger partial charge in [0, 0.05) is 0 Å². The van der Waals surface area contributed by atoms with E-state index in [4.69, 9.17) is 21.3 Å². The highest BCUT2D eigenvalue weighted by Gasteiger charge is 2.40. The molecule has 0 radical (unpaired) electrons. The van der Waals surface area contributed by atoms with Crippen molar-refractivity contribution < 1.29 is 4.74 Å². The van der Waals surface area contributed by atoms with Crippen LogP contribution in [0.25, 0.3) is 0 Å². The lowest BCUT2D eigenvalue weighted by Crippen LogP contribution is -2.54. The topological polar surface area (TPSA) is 45.6 Å². The summed E-state index contributed by atoms with van der Waals surface area (Å²) in [6, 6.07) is 8.27. The van der Waals surface area contributed by atoms with Crippen LogP contribution in [0, 0.1) is 0 Å². The van der Waals surface area contributed by atoms with Crippen LogP contribution in [0.3, 0.4) is 0 Å². The van der Waals surface area contributed by atoms with Gasteiger partial charge in [-0.1, -0.05) is 43.0 Å². The molecule has 0 aromatic heterocycles. The monoisotopic (exact) mass is 389 g/mol. The van der Waals surface area contributed by atoms with Gasteiger partial charge in [-0.05, 0) is 42.6 Å². The number of amidine groups is 1. The number of halogens is 1. The van der Waals surface area contributed by atoms with E-state index in [2.05, 4.69) is 42.0 Å². The van der Waals surface area contributed by atoms with Crippen LogP contribution < -0.4 is 10.6 Å². The second kappa shape index (κ2) is 8.69. The number of fused-ring (bicyclic) bond motifs is 1. The van der Waals surface area contributed by atoms with Crippen molar-refractivity contribution in [3.8, 4) is 0 Å². The standard InChI is InChI=1S/C20H24ClN3OS/c1-3-6-18(15(2)21)25-12-11-22-19-20(9-13-26-14-10-20)24-17-8-5-4-7-16(17)23-19/h3-8,24H,1-2,9-14H2,(H,22,23)/b18-6+. The molecule has 2 N–H and O–H groups in total. The van der Waals surface area contributed by atoms with Gasteiger partial charge in [-0.25, -0.2) is 0 Å². The van der Waals surface area contributed by atoms with E-state index in [0.29, 0.717) is 23.9 Å². The van der Waals surface area contributed by atoms with Gasteiger partial charge >= 0.3 is 0 Å². The molecular formula is C20H24ClN3OS. The number of hydrogen-bond donors (Lipinski definition) is 2. The third kappa shape index (κ3) is 4.27. The van der Waals surface area contributed by atoms with Crippen LogP contribution in [0.2, 0.25) is 0 Å². The summed E-state index contributed by atoms with van der Waals surface area (Å²) in [5.74, 6) is 3.79. The van der Waals surface area contributed by atoms with Crippen LogP contribution in [0.15, 0.2) is 65.4 Å². The largest absolute Gasteiger partial charge is 0.490 e. The molecule has 0 bridgehead atoms. The number of nitrogens with one attached hydrogen (secondary N) is 2. The van der Waals surface area contributed by atoms with Crippen molar-refractivity contribution >= 4 is 40.6 Å². The highest BCUT2D eigenvalue weighted by atomic mass is 35.5. The van der Waals surface area contributed by atoms with Crippen LogP contribution in [0.4, 0.5) is 11.4 Å². The van der Waals surface area contributed by atoms with E-state index >= 15 is 0 Å². The van der Waals surface area contributed by atoms with Crippen molar-refractivity contribution in [3.63, 3.8) is 0 Å². The van der Waals surface area contributed by atoms with Crippen molar-refractivity contribution in [2.45, 2.75) is 18.4 Å². The van der Waals surface area contributed by atoms with E-state index in [1.54, 1.807) is 12.2 Å². The first-order valence-corrected chi connectivity index (χ1v) is 10.2. The van der Waals surface area contributed by atoms with Crippen LogP contribution in [-0.4, -0.2) is 36.0 Å². The minimum Gasteiger partial charge on any atom is -0.490 e. The number of aliphatic imine (C=N–C) groups is 1. The van der Waals surface area contributed by atoms with Gasteiger partial charge in [0.15, 0.2) is 0 Å². The second-order valence-corrected chi connectivity index (χ2v) is 7.92. The maximum atomic E-state index is 5.93. The first-order chi connectivity index (χ1) is 12.6. The summed E-state index contributed by atoms with van der Waals surface area (Å²) in [7, 11) is 0. The predicted molar refractivity (Wildman–Crippen MR) is 115 cm³/mol. The van der Waals surface area contributed by atoms with E-state index in [9.17, 15) is 0 Å². The fraction of sp³-hybridized carbons (Fsp3) is 0.350. The molecule has 2 aliphatic heterocycles. The molecular weight excluding hydrogens is 366 g/mol. The fourth-order valence-electron chi connectivity index (χ4n) is 3.17. The van der Waals surface area contributed by atoms with Gasteiger partial charge in [0.05, 0.1) is 28.5 Å². The van der Waals surface area contributed by atoms with Crippen LogP contribution >= 0.6 is 23.4 Å². The van der Waals surface area contributed by atoms with Gasteiger partial charge in [-0.2, -0.15) is 11.8 Å². The van der Waals surface area contributed by atoms with Crippen LogP contribution in [-0.2, 0) is 4.74 Å². The zero-order valence-electron chi connectivity index (χ0n) is 14.8. The van der Waals surface area contributed by atoms with Crippen molar-refractivity contribution in [2.24, 2.45) is 4.99 Å². The summed E-state index contributed by atoms with van der Waals surface area (Å²) in [5.41, 5.74) is 2.09. The van der Waals surface area contributed by atoms with Crippen LogP contribution in [0.5, 0.6) is 0 Å². The van der Waals surface area contributed by atoms with Crippen molar-refractivity contribution in [1.29, 1.82) is 0 Å². The quantitative estimate of drug-likeness (QED) is 0.407. The third-order valence-corrected chi connectivity index (χ3v) is 5.68. The van der Waals surface area contributed by atoms with E-state index in [1.807, 2.05) is 17.8 Å². The Morgan fingerprint density at radius 3 is 2.73 bits per heavy atom. The van der Waals surface area contributed by atoms with E-state index < -0.39 is 0 Å². The highest BCUT2D eigenvalue weighted by molar-refractivity contribution is 7.99. The number of ether oxygens (including phenoxy) is 1. The van der Waals surface area contributed by atoms with E-state index in [0.717, 1.165) is 41.6 Å². The summed E-state index contributed by atoms with van der Waals surface area (Å²) < 4.78 is 5.68. The molecule has 0 saturated carbocycles. The summed E-state index contributed by atoms with van der Waals surface area (Å²) in [6.45, 7) is 8.33. The SMILES string of the molecule is C=C/C=C(/OCCN=C1Nc2ccccc2NC12CCSCC2)C(=C)Cl. The number of rotatable bonds is 6. The second-order valence-electron chi connectivity index (χ2n) is 6.24. The molecule has 4 nitrogen and oxygen atoms in total. The lowest BCUT2D eigenvalue weighted by atomic mass is 9.87. The molecule has 0 amide bonds. The first kappa shape index (κ1) is 18.9. The summed E-state index contributed by atoms with van der Waals surface area (Å²) in [4.78, 5) is 4.83. The summed E-state index contributed by atoms with van der Waals surface area (Å²) >= 11 is 7.93. The molecule has 0 aliphatic carbocycles. The fourth-order valence-corrected chi connectivity index (χ4v) is 4.48. The number of nitrogens with zero attached hydrogens (tertiary/aromatic N) is 1. The summed E-state index contributed by atoms with van der Waals surface area (Å²) in [6.07, 6.45) is 5.45. The molecule has 0 atom stereocenters. The maximum absolute atomic E-state index is 5.93. The van der Waals surface area contributed by atoms with Crippen molar-refractivity contribution in [1.82, 2.24) is 0 Å². The Hall–Kier alpha value is -1.85. The smallest absolute Gasteiger partial charge is 0.137 e. The zero-order chi connectivity index (χ0) is 18.4. The molecule has 1 fully saturated rings. The Kier molecular flexibility index (Phi) is 6.33. The van der Waals surface area contributed by atoms with Gasteiger partial charge in [0.25, 0.3) is 0 Å². The minimum absolute atomic E-state index is 0.116. The predicted octanol–water partition coefficient (Wildman–Crippen LogP) is 5.03. The van der Waals surface area contributed by atoms with E-state index in [1.165, 1.54) is 0 Å². The van der Waals surface area contributed by atoms with Crippen molar-refractivity contribution in [3.05, 3.63) is 60.4 Å². The summed E-state index contributed by atoms with van der Waals surface area (Å²) in [5, 5.41) is 7.65. The molecule has 3 rings (SSSR count). The molecule has 1 aromatic rings. The molecule has 2 aliphatic rings. The zero-order valence-corrected chi connectivity index (χ0v) is 16.3. The molecule has 1 saturated heterocycles. The molecule has 1 spiro atoms. The highest BCUT2D eigenvalue weighted by Crippen LogP contribution is 2.38. The Bertz CT molecular complexity index is 738. The van der Waals surface area contributed by atoms with Crippen LogP contribution in [0.1, 0.15) is 12.8 Å². The van der Waals surface area contributed by atoms with Gasteiger partial charge in [-0.3, -0.25) is 4.99 Å². The molecule has 1 aromatic carbocycles. The minimum atomic E-state index is -0.116. The number of allylic oxidation sites excluding steroid dienone is 3. The average molecular weight is 390 g/mol. The molecule has 138 valence electrons. The Balaban J connectivity index is 1.73. The Morgan fingerprint density at radius 2 is 2.04 bits per heavy atom. The molecule has 26 heavy (non-hydrogen) atoms. The third-order valence-electron chi connectivity index (χ3n) is 4.51. The maximum Gasteiger partial charge on any atom is 0.137 e. The van der Waals surface area contributed by atoms with E-state index in [-0.39, 0.29) is 5.54 Å². The lowest BCUT2D eigenvalue weighted by Gasteiger charge is -2.43. The van der Waals surface area contributed by atoms with Crippen molar-refractivity contribution in [2.75, 3.05) is 35.3 Å². The Labute approximate surface area is 164 Å².